The monoisotopic (exact) mass is 200 g/mol. The Morgan fingerprint density at radius 1 is 1.07 bits per heavy atom. The molecular weight excluding hydrogens is 184 g/mol. The Bertz CT molecular complexity index is 380. The Hall–Kier alpha value is -1.08. The van der Waals surface area contributed by atoms with E-state index in [-0.39, 0.29) is 6.10 Å². The minimum absolute atomic E-state index is 0.169. The zero-order chi connectivity index (χ0) is 10.3. The standard InChI is InChI=1S/C14H16O/c15-12-7-6-11(8-12)14-9-13(14)10-4-2-1-3-5-10/h1-5,8,12-15H,6-7,9H2. The van der Waals surface area contributed by atoms with Crippen molar-refractivity contribution in [1.82, 2.24) is 0 Å². The van der Waals surface area contributed by atoms with Crippen LogP contribution in [-0.2, 0) is 0 Å². The molecule has 1 fully saturated rings. The number of rotatable bonds is 2. The first-order valence-corrected chi connectivity index (χ1v) is 5.78. The molecule has 1 aromatic rings. The van der Waals surface area contributed by atoms with Gasteiger partial charge in [-0.2, -0.15) is 0 Å². The van der Waals surface area contributed by atoms with Gasteiger partial charge in [-0.1, -0.05) is 42.0 Å². The lowest BCUT2D eigenvalue weighted by Crippen LogP contribution is -1.93. The maximum Gasteiger partial charge on any atom is 0.0726 e. The highest BCUT2D eigenvalue weighted by Gasteiger charge is 2.41. The number of hydrogen-bond acceptors (Lipinski definition) is 1. The Kier molecular flexibility index (Phi) is 2.14. The lowest BCUT2D eigenvalue weighted by Gasteiger charge is -2.00. The van der Waals surface area contributed by atoms with Crippen LogP contribution >= 0.6 is 0 Å². The van der Waals surface area contributed by atoms with Gasteiger partial charge in [0.25, 0.3) is 0 Å². The van der Waals surface area contributed by atoms with Gasteiger partial charge >= 0.3 is 0 Å². The van der Waals surface area contributed by atoms with E-state index in [0.29, 0.717) is 0 Å². The number of benzene rings is 1. The molecule has 0 aliphatic heterocycles. The minimum Gasteiger partial charge on any atom is -0.389 e. The van der Waals surface area contributed by atoms with E-state index >= 15 is 0 Å². The van der Waals surface area contributed by atoms with E-state index in [1.54, 1.807) is 0 Å². The van der Waals surface area contributed by atoms with E-state index in [9.17, 15) is 5.11 Å². The quantitative estimate of drug-likeness (QED) is 0.728. The average molecular weight is 200 g/mol. The van der Waals surface area contributed by atoms with Crippen molar-refractivity contribution in [2.24, 2.45) is 5.92 Å². The van der Waals surface area contributed by atoms with Crippen LogP contribution < -0.4 is 0 Å². The Balaban J connectivity index is 1.72. The largest absolute Gasteiger partial charge is 0.389 e. The molecule has 0 heterocycles. The summed E-state index contributed by atoms with van der Waals surface area (Å²) in [5.74, 6) is 1.45. The van der Waals surface area contributed by atoms with E-state index < -0.39 is 0 Å². The van der Waals surface area contributed by atoms with Crippen LogP contribution in [0.5, 0.6) is 0 Å². The van der Waals surface area contributed by atoms with Crippen molar-refractivity contribution < 1.29 is 5.11 Å². The van der Waals surface area contributed by atoms with E-state index in [2.05, 4.69) is 36.4 Å². The minimum atomic E-state index is -0.169. The van der Waals surface area contributed by atoms with Crippen LogP contribution in [-0.4, -0.2) is 11.2 Å². The number of aliphatic hydroxyl groups is 1. The highest BCUT2D eigenvalue weighted by Crippen LogP contribution is 2.53. The Morgan fingerprint density at radius 3 is 2.53 bits per heavy atom. The smallest absolute Gasteiger partial charge is 0.0726 e. The lowest BCUT2D eigenvalue weighted by atomic mass is 10.0. The van der Waals surface area contributed by atoms with Gasteiger partial charge in [-0.05, 0) is 36.7 Å². The SMILES string of the molecule is OC1C=C(C2CC2c2ccccc2)CC1. The number of allylic oxidation sites excluding steroid dienone is 1. The first-order chi connectivity index (χ1) is 7.34. The van der Waals surface area contributed by atoms with Crippen LogP contribution in [0.25, 0.3) is 0 Å². The van der Waals surface area contributed by atoms with Crippen LogP contribution in [0.2, 0.25) is 0 Å². The average Bonchev–Trinajstić information content (AvgIpc) is 2.96. The summed E-state index contributed by atoms with van der Waals surface area (Å²) >= 11 is 0. The van der Waals surface area contributed by atoms with Gasteiger partial charge in [-0.15, -0.1) is 0 Å². The van der Waals surface area contributed by atoms with E-state index in [1.165, 1.54) is 17.6 Å². The zero-order valence-corrected chi connectivity index (χ0v) is 8.76. The zero-order valence-electron chi connectivity index (χ0n) is 8.76. The molecule has 0 saturated heterocycles. The summed E-state index contributed by atoms with van der Waals surface area (Å²) < 4.78 is 0. The molecule has 0 bridgehead atoms. The van der Waals surface area contributed by atoms with Crippen molar-refractivity contribution in [1.29, 1.82) is 0 Å². The maximum absolute atomic E-state index is 9.46. The summed E-state index contributed by atoms with van der Waals surface area (Å²) in [6, 6.07) is 10.7. The van der Waals surface area contributed by atoms with E-state index in [4.69, 9.17) is 0 Å². The van der Waals surface area contributed by atoms with Crippen molar-refractivity contribution in [3.63, 3.8) is 0 Å². The maximum atomic E-state index is 9.46. The summed E-state index contributed by atoms with van der Waals surface area (Å²) in [7, 11) is 0. The van der Waals surface area contributed by atoms with Crippen molar-refractivity contribution in [2.45, 2.75) is 31.3 Å². The predicted molar refractivity (Wildman–Crippen MR) is 60.6 cm³/mol. The van der Waals surface area contributed by atoms with Crippen LogP contribution in [0.4, 0.5) is 0 Å². The molecule has 1 N–H and O–H groups in total. The topological polar surface area (TPSA) is 20.2 Å². The third kappa shape index (κ3) is 1.72. The summed E-state index contributed by atoms with van der Waals surface area (Å²) in [4.78, 5) is 0. The van der Waals surface area contributed by atoms with Gasteiger partial charge in [-0.3, -0.25) is 0 Å². The second kappa shape index (κ2) is 3.49. The van der Waals surface area contributed by atoms with Crippen molar-refractivity contribution in [3.8, 4) is 0 Å². The molecule has 0 amide bonds. The van der Waals surface area contributed by atoms with Gasteiger partial charge < -0.3 is 5.11 Å². The molecule has 0 spiro atoms. The van der Waals surface area contributed by atoms with Crippen molar-refractivity contribution in [3.05, 3.63) is 47.5 Å². The van der Waals surface area contributed by atoms with Crippen molar-refractivity contribution >= 4 is 0 Å². The fraction of sp³-hybridized carbons (Fsp3) is 0.429. The summed E-state index contributed by atoms with van der Waals surface area (Å²) in [5, 5.41) is 9.46. The first-order valence-electron chi connectivity index (χ1n) is 5.78. The van der Waals surface area contributed by atoms with Crippen LogP contribution in [0, 0.1) is 5.92 Å². The van der Waals surface area contributed by atoms with Gasteiger partial charge in [0.15, 0.2) is 0 Å². The molecule has 15 heavy (non-hydrogen) atoms. The highest BCUT2D eigenvalue weighted by atomic mass is 16.3. The molecular formula is C14H16O. The molecule has 1 heteroatoms. The third-order valence-corrected chi connectivity index (χ3v) is 3.63. The molecule has 2 aliphatic rings. The second-order valence-electron chi connectivity index (χ2n) is 4.71. The molecule has 3 rings (SSSR count). The van der Waals surface area contributed by atoms with Crippen LogP contribution in [0.1, 0.15) is 30.7 Å². The Morgan fingerprint density at radius 2 is 1.87 bits per heavy atom. The molecule has 0 aromatic heterocycles. The number of hydrogen-bond donors (Lipinski definition) is 1. The predicted octanol–water partition coefficient (Wildman–Crippen LogP) is 2.87. The molecule has 1 nitrogen and oxygen atoms in total. The molecule has 78 valence electrons. The Labute approximate surface area is 90.4 Å². The van der Waals surface area contributed by atoms with Gasteiger partial charge in [0.2, 0.25) is 0 Å². The van der Waals surface area contributed by atoms with Crippen molar-refractivity contribution in [2.75, 3.05) is 0 Å². The molecule has 2 aliphatic carbocycles. The van der Waals surface area contributed by atoms with E-state index in [1.807, 2.05) is 0 Å². The highest BCUT2D eigenvalue weighted by molar-refractivity contribution is 5.33. The molecule has 3 atom stereocenters. The van der Waals surface area contributed by atoms with Crippen LogP contribution in [0.3, 0.4) is 0 Å². The van der Waals surface area contributed by atoms with Gasteiger partial charge in [-0.25, -0.2) is 0 Å². The molecule has 1 saturated carbocycles. The fourth-order valence-corrected chi connectivity index (χ4v) is 2.71. The lowest BCUT2D eigenvalue weighted by molar-refractivity contribution is 0.223. The normalized spacial score (nSPS) is 33.9. The fourth-order valence-electron chi connectivity index (χ4n) is 2.71. The van der Waals surface area contributed by atoms with Gasteiger partial charge in [0.1, 0.15) is 0 Å². The number of aliphatic hydroxyl groups excluding tert-OH is 1. The first kappa shape index (κ1) is 9.17. The van der Waals surface area contributed by atoms with E-state index in [0.717, 1.165) is 24.7 Å². The summed E-state index contributed by atoms with van der Waals surface area (Å²) in [6.45, 7) is 0. The van der Waals surface area contributed by atoms with Crippen LogP contribution in [0.15, 0.2) is 42.0 Å². The van der Waals surface area contributed by atoms with Gasteiger partial charge in [0.05, 0.1) is 6.10 Å². The van der Waals surface area contributed by atoms with Gasteiger partial charge in [0, 0.05) is 0 Å². The summed E-state index contributed by atoms with van der Waals surface area (Å²) in [6.07, 6.45) is 5.23. The molecule has 1 aromatic carbocycles. The molecule has 3 unspecified atom stereocenters. The molecule has 0 radical (unpaired) electrons. The second-order valence-corrected chi connectivity index (χ2v) is 4.71. The third-order valence-electron chi connectivity index (χ3n) is 3.63. The summed E-state index contributed by atoms with van der Waals surface area (Å²) in [5.41, 5.74) is 2.96.